The maximum absolute atomic E-state index is 11.2. The monoisotopic (exact) mass is 208 g/mol. The molecule has 80 valence electrons. The molecule has 13 heavy (non-hydrogen) atoms. The van der Waals surface area contributed by atoms with Crippen LogP contribution in [0.1, 0.15) is 26.7 Å². The molecule has 0 saturated carbocycles. The van der Waals surface area contributed by atoms with Crippen molar-refractivity contribution in [2.75, 3.05) is 18.8 Å². The minimum absolute atomic E-state index is 0.139. The van der Waals surface area contributed by atoms with Gasteiger partial charge in [-0.15, -0.1) is 0 Å². The maximum Gasteiger partial charge on any atom is 0.211 e. The zero-order valence-electron chi connectivity index (χ0n) is 8.41. The molecular weight excluding hydrogens is 188 g/mol. The van der Waals surface area contributed by atoms with Gasteiger partial charge in [0.2, 0.25) is 10.0 Å². The molecule has 0 aliphatic carbocycles. The summed E-state index contributed by atoms with van der Waals surface area (Å²) in [6.07, 6.45) is 1.51. The van der Waals surface area contributed by atoms with Crippen LogP contribution < -0.4 is 10.5 Å². The third-order valence-electron chi connectivity index (χ3n) is 1.97. The van der Waals surface area contributed by atoms with Gasteiger partial charge in [-0.3, -0.25) is 0 Å². The van der Waals surface area contributed by atoms with Gasteiger partial charge in [0.05, 0.1) is 5.75 Å². The van der Waals surface area contributed by atoms with Gasteiger partial charge in [-0.1, -0.05) is 20.3 Å². The van der Waals surface area contributed by atoms with E-state index in [0.29, 0.717) is 25.4 Å². The van der Waals surface area contributed by atoms with Gasteiger partial charge in [0.1, 0.15) is 0 Å². The second-order valence-electron chi connectivity index (χ2n) is 3.32. The average Bonchev–Trinajstić information content (AvgIpc) is 2.11. The van der Waals surface area contributed by atoms with E-state index in [1.807, 2.05) is 13.8 Å². The van der Waals surface area contributed by atoms with E-state index < -0.39 is 10.0 Å². The molecule has 0 heterocycles. The molecule has 0 spiro atoms. The van der Waals surface area contributed by atoms with Crippen molar-refractivity contribution in [1.29, 1.82) is 0 Å². The van der Waals surface area contributed by atoms with E-state index in [0.717, 1.165) is 6.42 Å². The Morgan fingerprint density at radius 2 is 2.08 bits per heavy atom. The van der Waals surface area contributed by atoms with Crippen molar-refractivity contribution in [3.8, 4) is 0 Å². The van der Waals surface area contributed by atoms with Crippen LogP contribution in [0.3, 0.4) is 0 Å². The Hall–Kier alpha value is -0.130. The van der Waals surface area contributed by atoms with E-state index in [9.17, 15) is 8.42 Å². The molecule has 0 rings (SSSR count). The van der Waals surface area contributed by atoms with Crippen LogP contribution in [0.25, 0.3) is 0 Å². The highest BCUT2D eigenvalue weighted by atomic mass is 32.2. The largest absolute Gasteiger partial charge is 0.330 e. The van der Waals surface area contributed by atoms with Crippen molar-refractivity contribution in [3.05, 3.63) is 0 Å². The molecule has 4 nitrogen and oxygen atoms in total. The fourth-order valence-electron chi connectivity index (χ4n) is 0.759. The van der Waals surface area contributed by atoms with Crippen molar-refractivity contribution in [2.24, 2.45) is 11.7 Å². The fraction of sp³-hybridized carbons (Fsp3) is 1.00. The van der Waals surface area contributed by atoms with Crippen LogP contribution in [0.5, 0.6) is 0 Å². The van der Waals surface area contributed by atoms with Gasteiger partial charge in [-0.2, -0.15) is 0 Å². The molecule has 0 aliphatic rings. The average molecular weight is 208 g/mol. The highest BCUT2D eigenvalue weighted by molar-refractivity contribution is 7.89. The first-order valence-corrected chi connectivity index (χ1v) is 6.34. The number of hydrogen-bond acceptors (Lipinski definition) is 3. The zero-order chi connectivity index (χ0) is 10.3. The van der Waals surface area contributed by atoms with Crippen molar-refractivity contribution in [3.63, 3.8) is 0 Å². The van der Waals surface area contributed by atoms with E-state index in [-0.39, 0.29) is 5.75 Å². The van der Waals surface area contributed by atoms with Crippen LogP contribution in [0.4, 0.5) is 0 Å². The smallest absolute Gasteiger partial charge is 0.211 e. The van der Waals surface area contributed by atoms with Crippen molar-refractivity contribution >= 4 is 10.0 Å². The summed E-state index contributed by atoms with van der Waals surface area (Å²) in [5.41, 5.74) is 5.23. The molecule has 0 fully saturated rings. The van der Waals surface area contributed by atoms with Crippen LogP contribution in [0, 0.1) is 5.92 Å². The van der Waals surface area contributed by atoms with Crippen LogP contribution in [0.2, 0.25) is 0 Å². The molecule has 0 aromatic rings. The first kappa shape index (κ1) is 12.9. The molecule has 0 aromatic carbocycles. The Labute approximate surface area is 80.9 Å². The molecule has 1 unspecified atom stereocenters. The maximum atomic E-state index is 11.2. The van der Waals surface area contributed by atoms with E-state index >= 15 is 0 Å². The van der Waals surface area contributed by atoms with E-state index in [1.54, 1.807) is 0 Å². The minimum Gasteiger partial charge on any atom is -0.330 e. The van der Waals surface area contributed by atoms with Gasteiger partial charge in [-0.25, -0.2) is 13.1 Å². The number of rotatable bonds is 7. The SMILES string of the molecule is CCC(C)CNS(=O)(=O)CCCN. The first-order valence-electron chi connectivity index (χ1n) is 4.69. The lowest BCUT2D eigenvalue weighted by Gasteiger charge is -2.10. The second kappa shape index (κ2) is 6.34. The van der Waals surface area contributed by atoms with E-state index in [4.69, 9.17) is 5.73 Å². The fourth-order valence-corrected chi connectivity index (χ4v) is 1.99. The summed E-state index contributed by atoms with van der Waals surface area (Å²) in [5.74, 6) is 0.535. The van der Waals surface area contributed by atoms with Crippen LogP contribution in [0.15, 0.2) is 0 Å². The molecule has 5 heteroatoms. The second-order valence-corrected chi connectivity index (χ2v) is 5.25. The van der Waals surface area contributed by atoms with Gasteiger partial charge < -0.3 is 5.73 Å². The molecule has 0 aromatic heterocycles. The summed E-state index contributed by atoms with van der Waals surface area (Å²) >= 11 is 0. The van der Waals surface area contributed by atoms with E-state index in [2.05, 4.69) is 4.72 Å². The summed E-state index contributed by atoms with van der Waals surface area (Å²) in [7, 11) is -3.08. The van der Waals surface area contributed by atoms with Gasteiger partial charge in [-0.05, 0) is 18.9 Å². The molecule has 1 atom stereocenters. The summed E-state index contributed by atoms with van der Waals surface area (Å²) in [5, 5.41) is 0. The van der Waals surface area contributed by atoms with Gasteiger partial charge in [0.25, 0.3) is 0 Å². The minimum atomic E-state index is -3.08. The highest BCUT2D eigenvalue weighted by Crippen LogP contribution is 1.99. The molecule has 3 N–H and O–H groups in total. The van der Waals surface area contributed by atoms with Crippen LogP contribution >= 0.6 is 0 Å². The Bertz CT molecular complexity index is 214. The lowest BCUT2D eigenvalue weighted by Crippen LogP contribution is -2.31. The van der Waals surface area contributed by atoms with Crippen molar-refractivity contribution in [2.45, 2.75) is 26.7 Å². The summed E-state index contributed by atoms with van der Waals surface area (Å²) in [4.78, 5) is 0. The first-order chi connectivity index (χ1) is 6.02. The summed E-state index contributed by atoms with van der Waals surface area (Å²) < 4.78 is 25.0. The third-order valence-corrected chi connectivity index (χ3v) is 3.40. The standard InChI is InChI=1S/C8H20N2O2S/c1-3-8(2)7-10-13(11,12)6-4-5-9/h8,10H,3-7,9H2,1-2H3. The van der Waals surface area contributed by atoms with Gasteiger partial charge in [0.15, 0.2) is 0 Å². The Balaban J connectivity index is 3.76. The van der Waals surface area contributed by atoms with E-state index in [1.165, 1.54) is 0 Å². The molecule has 0 aliphatic heterocycles. The third kappa shape index (κ3) is 6.98. The Morgan fingerprint density at radius 3 is 2.54 bits per heavy atom. The predicted octanol–water partition coefficient (Wildman–Crippen LogP) is 0.301. The van der Waals surface area contributed by atoms with Crippen LogP contribution in [-0.4, -0.2) is 27.3 Å². The molecule has 0 radical (unpaired) electrons. The normalized spacial score (nSPS) is 14.4. The lowest BCUT2D eigenvalue weighted by molar-refractivity contribution is 0.527. The quantitative estimate of drug-likeness (QED) is 0.632. The Kier molecular flexibility index (Phi) is 6.28. The number of hydrogen-bond donors (Lipinski definition) is 2. The molecule has 0 saturated heterocycles. The Morgan fingerprint density at radius 1 is 1.46 bits per heavy atom. The summed E-state index contributed by atoms with van der Waals surface area (Å²) in [6, 6.07) is 0. The van der Waals surface area contributed by atoms with Crippen molar-refractivity contribution < 1.29 is 8.42 Å². The predicted molar refractivity (Wildman–Crippen MR) is 54.9 cm³/mol. The van der Waals surface area contributed by atoms with Gasteiger partial charge >= 0.3 is 0 Å². The number of sulfonamides is 1. The molecular formula is C8H20N2O2S. The molecule has 0 bridgehead atoms. The number of nitrogens with two attached hydrogens (primary N) is 1. The summed E-state index contributed by atoms with van der Waals surface area (Å²) in [6.45, 7) is 5.01. The highest BCUT2D eigenvalue weighted by Gasteiger charge is 2.09. The van der Waals surface area contributed by atoms with Gasteiger partial charge in [0, 0.05) is 6.54 Å². The van der Waals surface area contributed by atoms with Crippen LogP contribution in [-0.2, 0) is 10.0 Å². The zero-order valence-corrected chi connectivity index (χ0v) is 9.23. The molecule has 0 amide bonds. The number of nitrogens with one attached hydrogen (secondary N) is 1. The van der Waals surface area contributed by atoms with Crippen molar-refractivity contribution in [1.82, 2.24) is 4.72 Å². The topological polar surface area (TPSA) is 72.2 Å². The lowest BCUT2D eigenvalue weighted by atomic mass is 10.1.